The quantitative estimate of drug-likeness (QED) is 0.661. The minimum Gasteiger partial charge on any atom is -0.322 e. The molecule has 2 heterocycles. The van der Waals surface area contributed by atoms with Crippen LogP contribution in [0.1, 0.15) is 21.5 Å². The van der Waals surface area contributed by atoms with Crippen molar-refractivity contribution in [2.45, 2.75) is 13.5 Å². The third kappa shape index (κ3) is 4.86. The maximum atomic E-state index is 14.7. The van der Waals surface area contributed by atoms with Crippen molar-refractivity contribution in [1.29, 1.82) is 0 Å². The lowest BCUT2D eigenvalue weighted by Crippen LogP contribution is -2.32. The van der Waals surface area contributed by atoms with Crippen LogP contribution in [-0.2, 0) is 6.54 Å². The monoisotopic (exact) mass is 422 g/mol. The van der Waals surface area contributed by atoms with Crippen LogP contribution in [0.15, 0.2) is 55.1 Å². The van der Waals surface area contributed by atoms with Gasteiger partial charge in [0, 0.05) is 54.8 Å². The molecule has 154 valence electrons. The Morgan fingerprint density at radius 1 is 1.10 bits per heavy atom. The predicted octanol–water partition coefficient (Wildman–Crippen LogP) is 4.39. The number of anilines is 1. The van der Waals surface area contributed by atoms with Gasteiger partial charge in [-0.2, -0.15) is 11.8 Å². The van der Waals surface area contributed by atoms with Crippen molar-refractivity contribution >= 4 is 23.4 Å². The van der Waals surface area contributed by atoms with E-state index in [0.29, 0.717) is 16.8 Å². The van der Waals surface area contributed by atoms with E-state index in [-0.39, 0.29) is 5.56 Å². The lowest BCUT2D eigenvalue weighted by atomic mass is 10.0. The number of nitrogens with one attached hydrogen (secondary N) is 1. The SMILES string of the molecule is Cc1ccc(CN2CCSCC2)cc1NC(=O)c1ccc(-c2cncnc2)cc1F. The Balaban J connectivity index is 1.50. The second-order valence-electron chi connectivity index (χ2n) is 7.31. The molecule has 0 aliphatic carbocycles. The number of rotatable bonds is 5. The third-order valence-corrected chi connectivity index (χ3v) is 6.11. The number of hydrogen-bond donors (Lipinski definition) is 1. The Kier molecular flexibility index (Phi) is 6.40. The molecule has 1 N–H and O–H groups in total. The van der Waals surface area contributed by atoms with Gasteiger partial charge in [-0.15, -0.1) is 0 Å². The Morgan fingerprint density at radius 2 is 1.87 bits per heavy atom. The molecule has 5 nitrogen and oxygen atoms in total. The van der Waals surface area contributed by atoms with Crippen molar-refractivity contribution in [1.82, 2.24) is 14.9 Å². The van der Waals surface area contributed by atoms with E-state index in [0.717, 1.165) is 42.3 Å². The second-order valence-corrected chi connectivity index (χ2v) is 8.54. The van der Waals surface area contributed by atoms with Crippen molar-refractivity contribution in [2.75, 3.05) is 29.9 Å². The second kappa shape index (κ2) is 9.36. The molecule has 1 aromatic heterocycles. The number of nitrogens with zero attached hydrogens (tertiary/aromatic N) is 3. The van der Waals surface area contributed by atoms with Gasteiger partial charge in [-0.1, -0.05) is 18.2 Å². The first-order valence-electron chi connectivity index (χ1n) is 9.86. The lowest BCUT2D eigenvalue weighted by Gasteiger charge is -2.26. The summed E-state index contributed by atoms with van der Waals surface area (Å²) in [4.78, 5) is 23.1. The summed E-state index contributed by atoms with van der Waals surface area (Å²) >= 11 is 1.98. The van der Waals surface area contributed by atoms with E-state index in [4.69, 9.17) is 0 Å². The zero-order valence-electron chi connectivity index (χ0n) is 16.8. The first-order valence-corrected chi connectivity index (χ1v) is 11.0. The highest BCUT2D eigenvalue weighted by Gasteiger charge is 2.16. The summed E-state index contributed by atoms with van der Waals surface area (Å²) in [6.45, 7) is 4.94. The van der Waals surface area contributed by atoms with Gasteiger partial charge in [0.15, 0.2) is 0 Å². The maximum absolute atomic E-state index is 14.7. The fourth-order valence-electron chi connectivity index (χ4n) is 3.44. The molecule has 7 heteroatoms. The van der Waals surface area contributed by atoms with Crippen LogP contribution >= 0.6 is 11.8 Å². The number of aryl methyl sites for hydroxylation is 1. The topological polar surface area (TPSA) is 58.1 Å². The Bertz CT molecular complexity index is 1040. The number of benzene rings is 2. The summed E-state index contributed by atoms with van der Waals surface area (Å²) in [5.41, 5.74) is 4.13. The summed E-state index contributed by atoms with van der Waals surface area (Å²) in [6.07, 6.45) is 4.64. The molecular weight excluding hydrogens is 399 g/mol. The van der Waals surface area contributed by atoms with Crippen molar-refractivity contribution in [3.05, 3.63) is 77.6 Å². The van der Waals surface area contributed by atoms with E-state index < -0.39 is 11.7 Å². The van der Waals surface area contributed by atoms with Crippen LogP contribution in [0.4, 0.5) is 10.1 Å². The molecule has 1 amide bonds. The van der Waals surface area contributed by atoms with Gasteiger partial charge in [0.2, 0.25) is 0 Å². The fourth-order valence-corrected chi connectivity index (χ4v) is 4.41. The third-order valence-electron chi connectivity index (χ3n) is 5.17. The van der Waals surface area contributed by atoms with Gasteiger partial charge in [0.1, 0.15) is 12.1 Å². The average Bonchev–Trinajstić information content (AvgIpc) is 2.77. The molecule has 2 aromatic carbocycles. The highest BCUT2D eigenvalue weighted by atomic mass is 32.2. The first-order chi connectivity index (χ1) is 14.6. The Morgan fingerprint density at radius 3 is 2.60 bits per heavy atom. The summed E-state index contributed by atoms with van der Waals surface area (Å²) in [5, 5.41) is 2.88. The number of halogens is 1. The van der Waals surface area contributed by atoms with E-state index >= 15 is 0 Å². The van der Waals surface area contributed by atoms with Crippen molar-refractivity contribution in [3.8, 4) is 11.1 Å². The van der Waals surface area contributed by atoms with Crippen molar-refractivity contribution in [3.63, 3.8) is 0 Å². The van der Waals surface area contributed by atoms with Gasteiger partial charge in [-0.3, -0.25) is 9.69 Å². The van der Waals surface area contributed by atoms with Gasteiger partial charge in [-0.05, 0) is 41.8 Å². The van der Waals surface area contributed by atoms with Crippen LogP contribution in [0.3, 0.4) is 0 Å². The molecule has 0 atom stereocenters. The minimum atomic E-state index is -0.575. The van der Waals surface area contributed by atoms with E-state index in [1.807, 2.05) is 30.8 Å². The molecular formula is C23H23FN4OS. The summed E-state index contributed by atoms with van der Waals surface area (Å²) in [6, 6.07) is 10.6. The van der Waals surface area contributed by atoms with Crippen molar-refractivity contribution < 1.29 is 9.18 Å². The smallest absolute Gasteiger partial charge is 0.258 e. The zero-order chi connectivity index (χ0) is 20.9. The van der Waals surface area contributed by atoms with E-state index in [9.17, 15) is 9.18 Å². The van der Waals surface area contributed by atoms with Gasteiger partial charge in [-0.25, -0.2) is 14.4 Å². The standard InChI is InChI=1S/C23H23FN4OS/c1-16-2-3-17(14-28-6-8-30-9-7-28)10-22(16)27-23(29)20-5-4-18(11-21(20)24)19-12-25-15-26-13-19/h2-5,10-13,15H,6-9,14H2,1H3,(H,27,29). The molecule has 3 aromatic rings. The van der Waals surface area contributed by atoms with Crippen LogP contribution < -0.4 is 5.32 Å². The van der Waals surface area contributed by atoms with Crippen LogP contribution in [0.25, 0.3) is 11.1 Å². The predicted molar refractivity (Wildman–Crippen MR) is 119 cm³/mol. The molecule has 4 rings (SSSR count). The first kappa shape index (κ1) is 20.5. The largest absolute Gasteiger partial charge is 0.322 e. The minimum absolute atomic E-state index is 0.00783. The molecule has 0 bridgehead atoms. The van der Waals surface area contributed by atoms with Crippen molar-refractivity contribution in [2.24, 2.45) is 0 Å². The van der Waals surface area contributed by atoms with Crippen LogP contribution in [-0.4, -0.2) is 45.4 Å². The highest BCUT2D eigenvalue weighted by Crippen LogP contribution is 2.23. The van der Waals surface area contributed by atoms with Crippen LogP contribution in [0, 0.1) is 12.7 Å². The number of amides is 1. The normalized spacial score (nSPS) is 14.5. The van der Waals surface area contributed by atoms with E-state index in [1.54, 1.807) is 18.5 Å². The molecule has 0 unspecified atom stereocenters. The number of carbonyl (C=O) groups excluding carboxylic acids is 1. The van der Waals surface area contributed by atoms with Crippen LogP contribution in [0.2, 0.25) is 0 Å². The van der Waals surface area contributed by atoms with Gasteiger partial charge in [0.05, 0.1) is 5.56 Å². The molecule has 0 spiro atoms. The van der Waals surface area contributed by atoms with E-state index in [1.165, 1.54) is 18.5 Å². The average molecular weight is 423 g/mol. The summed E-state index contributed by atoms with van der Waals surface area (Å²) in [5.74, 6) is 1.27. The Labute approximate surface area is 179 Å². The molecule has 30 heavy (non-hydrogen) atoms. The molecule has 0 radical (unpaired) electrons. The summed E-state index contributed by atoms with van der Waals surface area (Å²) < 4.78 is 14.7. The highest BCUT2D eigenvalue weighted by molar-refractivity contribution is 7.99. The maximum Gasteiger partial charge on any atom is 0.258 e. The van der Waals surface area contributed by atoms with Crippen LogP contribution in [0.5, 0.6) is 0 Å². The molecule has 1 saturated heterocycles. The number of carbonyl (C=O) groups is 1. The fraction of sp³-hybridized carbons (Fsp3) is 0.261. The lowest BCUT2D eigenvalue weighted by molar-refractivity contribution is 0.102. The van der Waals surface area contributed by atoms with Gasteiger partial charge < -0.3 is 5.32 Å². The number of thioether (sulfide) groups is 1. The number of aromatic nitrogens is 2. The summed E-state index contributed by atoms with van der Waals surface area (Å²) in [7, 11) is 0. The molecule has 1 aliphatic heterocycles. The molecule has 1 aliphatic rings. The molecule has 0 saturated carbocycles. The zero-order valence-corrected chi connectivity index (χ0v) is 17.6. The van der Waals surface area contributed by atoms with Gasteiger partial charge >= 0.3 is 0 Å². The van der Waals surface area contributed by atoms with Gasteiger partial charge in [0.25, 0.3) is 5.91 Å². The van der Waals surface area contributed by atoms with E-state index in [2.05, 4.69) is 26.3 Å². The number of hydrogen-bond acceptors (Lipinski definition) is 5. The Hall–Kier alpha value is -2.77. The molecule has 1 fully saturated rings.